The number of aromatic nitrogens is 2. The fourth-order valence-corrected chi connectivity index (χ4v) is 2.34. The summed E-state index contributed by atoms with van der Waals surface area (Å²) in [5, 5.41) is 2.45. The molecule has 106 valence electrons. The quantitative estimate of drug-likeness (QED) is 0.858. The zero-order valence-electron chi connectivity index (χ0n) is 12.0. The molecule has 0 aromatic carbocycles. The Morgan fingerprint density at radius 3 is 2.60 bits per heavy atom. The Labute approximate surface area is 124 Å². The number of hydrazine groups is 1. The molecule has 0 saturated carbocycles. The highest BCUT2D eigenvalue weighted by Gasteiger charge is 2.14. The molecule has 0 aliphatic carbocycles. The summed E-state index contributed by atoms with van der Waals surface area (Å²) in [7, 11) is 3.74. The van der Waals surface area contributed by atoms with Crippen LogP contribution in [0, 0.1) is 0 Å². The Hall–Kier alpha value is -1.65. The Balaban J connectivity index is 2.54. The van der Waals surface area contributed by atoms with Crippen molar-refractivity contribution in [1.82, 2.24) is 15.4 Å². The van der Waals surface area contributed by atoms with E-state index in [1.807, 2.05) is 37.3 Å². The lowest BCUT2D eigenvalue weighted by molar-refractivity contribution is 0.767. The van der Waals surface area contributed by atoms with Gasteiger partial charge in [0.2, 0.25) is 0 Å². The third-order valence-corrected chi connectivity index (χ3v) is 3.45. The van der Waals surface area contributed by atoms with Gasteiger partial charge in [-0.3, -0.25) is 9.99 Å². The Morgan fingerprint density at radius 1 is 1.30 bits per heavy atom. The van der Waals surface area contributed by atoms with Crippen molar-refractivity contribution in [3.05, 3.63) is 41.3 Å². The van der Waals surface area contributed by atoms with Crippen molar-refractivity contribution >= 4 is 17.4 Å². The van der Waals surface area contributed by atoms with Gasteiger partial charge in [-0.1, -0.05) is 24.9 Å². The summed E-state index contributed by atoms with van der Waals surface area (Å²) in [5.74, 6) is 0.746. The van der Waals surface area contributed by atoms with E-state index in [-0.39, 0.29) is 0 Å². The van der Waals surface area contributed by atoms with Gasteiger partial charge in [0.15, 0.2) is 5.82 Å². The molecule has 0 aliphatic heterocycles. The molecule has 0 unspecified atom stereocenters. The Bertz CT molecular complexity index is 572. The predicted molar refractivity (Wildman–Crippen MR) is 83.9 cm³/mol. The van der Waals surface area contributed by atoms with Gasteiger partial charge in [-0.15, -0.1) is 0 Å². The Kier molecular flexibility index (Phi) is 4.93. The van der Waals surface area contributed by atoms with Crippen LogP contribution in [-0.2, 0) is 6.42 Å². The third-order valence-electron chi connectivity index (χ3n) is 3.17. The molecule has 2 aromatic rings. The zero-order valence-corrected chi connectivity index (χ0v) is 12.8. The molecule has 5 heteroatoms. The molecule has 4 nitrogen and oxygen atoms in total. The van der Waals surface area contributed by atoms with E-state index in [9.17, 15) is 0 Å². The number of hydrogen-bond donors (Lipinski definition) is 1. The Morgan fingerprint density at radius 2 is 2.00 bits per heavy atom. The van der Waals surface area contributed by atoms with Crippen molar-refractivity contribution in [2.75, 3.05) is 19.1 Å². The van der Waals surface area contributed by atoms with E-state index < -0.39 is 0 Å². The third kappa shape index (κ3) is 3.08. The van der Waals surface area contributed by atoms with E-state index in [1.54, 1.807) is 12.4 Å². The second-order valence-corrected chi connectivity index (χ2v) is 4.96. The number of aryl methyl sites for hydroxylation is 1. The average Bonchev–Trinajstić information content (AvgIpc) is 2.49. The molecule has 0 spiro atoms. The molecule has 0 fully saturated rings. The van der Waals surface area contributed by atoms with Crippen LogP contribution in [0.5, 0.6) is 0 Å². The lowest BCUT2D eigenvalue weighted by Gasteiger charge is -2.20. The normalized spacial score (nSPS) is 10.6. The maximum Gasteiger partial charge on any atom is 0.161 e. The van der Waals surface area contributed by atoms with Crippen molar-refractivity contribution in [3.8, 4) is 11.1 Å². The number of pyridine rings is 2. The van der Waals surface area contributed by atoms with Crippen molar-refractivity contribution in [1.29, 1.82) is 0 Å². The lowest BCUT2D eigenvalue weighted by Crippen LogP contribution is -2.31. The molecule has 1 N–H and O–H groups in total. The summed E-state index contributed by atoms with van der Waals surface area (Å²) in [6.45, 7) is 2.15. The molecule has 0 atom stereocenters. The van der Waals surface area contributed by atoms with Crippen LogP contribution >= 0.6 is 11.6 Å². The predicted octanol–water partition coefficient (Wildman–Crippen LogP) is 3.32. The number of halogens is 1. The molecule has 0 saturated heterocycles. The number of nitrogens with one attached hydrogen (secondary N) is 1. The number of nitrogens with zero attached hydrogens (tertiary/aromatic N) is 3. The first-order chi connectivity index (χ1) is 9.67. The van der Waals surface area contributed by atoms with Gasteiger partial charge in [0.05, 0.1) is 10.7 Å². The highest BCUT2D eigenvalue weighted by atomic mass is 35.5. The molecule has 2 heterocycles. The van der Waals surface area contributed by atoms with E-state index in [0.29, 0.717) is 5.02 Å². The monoisotopic (exact) mass is 290 g/mol. The SMILES string of the molecule is CCCc1nc(N(C)NC)c(Cl)cc1-c1ccncc1. The summed E-state index contributed by atoms with van der Waals surface area (Å²) in [5.41, 5.74) is 6.25. The van der Waals surface area contributed by atoms with E-state index in [1.165, 1.54) is 0 Å². The first kappa shape index (κ1) is 14.8. The average molecular weight is 291 g/mol. The number of hydrogen-bond acceptors (Lipinski definition) is 4. The van der Waals surface area contributed by atoms with Crippen LogP contribution in [0.2, 0.25) is 5.02 Å². The molecule has 0 radical (unpaired) electrons. The fraction of sp³-hybridized carbons (Fsp3) is 0.333. The van der Waals surface area contributed by atoms with Gasteiger partial charge in [0.25, 0.3) is 0 Å². The van der Waals surface area contributed by atoms with Crippen LogP contribution in [0.15, 0.2) is 30.6 Å². The molecule has 20 heavy (non-hydrogen) atoms. The van der Waals surface area contributed by atoms with Crippen LogP contribution in [0.25, 0.3) is 11.1 Å². The van der Waals surface area contributed by atoms with E-state index in [0.717, 1.165) is 35.5 Å². The molecule has 0 amide bonds. The van der Waals surface area contributed by atoms with Gasteiger partial charge in [0, 0.05) is 32.1 Å². The minimum atomic E-state index is 0.633. The van der Waals surface area contributed by atoms with Crippen molar-refractivity contribution in [2.24, 2.45) is 0 Å². The van der Waals surface area contributed by atoms with Gasteiger partial charge >= 0.3 is 0 Å². The maximum atomic E-state index is 6.37. The van der Waals surface area contributed by atoms with Crippen LogP contribution in [0.1, 0.15) is 19.0 Å². The van der Waals surface area contributed by atoms with Gasteiger partial charge in [-0.25, -0.2) is 10.4 Å². The van der Waals surface area contributed by atoms with Crippen LogP contribution in [0.3, 0.4) is 0 Å². The van der Waals surface area contributed by atoms with E-state index in [4.69, 9.17) is 16.6 Å². The number of rotatable bonds is 5. The molecule has 0 bridgehead atoms. The summed E-state index contributed by atoms with van der Waals surface area (Å²) >= 11 is 6.37. The summed E-state index contributed by atoms with van der Waals surface area (Å²) in [6, 6.07) is 5.94. The fourth-order valence-electron chi connectivity index (χ4n) is 2.07. The standard InChI is InChI=1S/C15H19ClN4/c1-4-5-14-12(11-6-8-18-9-7-11)10-13(16)15(19-14)20(3)17-2/h6-10,17H,4-5H2,1-3H3. The van der Waals surface area contributed by atoms with Crippen molar-refractivity contribution in [3.63, 3.8) is 0 Å². The first-order valence-electron chi connectivity index (χ1n) is 6.68. The highest BCUT2D eigenvalue weighted by molar-refractivity contribution is 6.33. The maximum absolute atomic E-state index is 6.37. The number of anilines is 1. The van der Waals surface area contributed by atoms with Crippen LogP contribution < -0.4 is 10.4 Å². The molecule has 0 aliphatic rings. The van der Waals surface area contributed by atoms with Gasteiger partial charge in [-0.2, -0.15) is 0 Å². The van der Waals surface area contributed by atoms with Crippen LogP contribution in [0.4, 0.5) is 5.82 Å². The summed E-state index contributed by atoms with van der Waals surface area (Å²) in [4.78, 5) is 8.78. The lowest BCUT2D eigenvalue weighted by atomic mass is 10.0. The minimum Gasteiger partial charge on any atom is -0.294 e. The van der Waals surface area contributed by atoms with Crippen molar-refractivity contribution in [2.45, 2.75) is 19.8 Å². The molecule has 2 rings (SSSR count). The van der Waals surface area contributed by atoms with Gasteiger partial charge in [-0.05, 0) is 30.2 Å². The molecular weight excluding hydrogens is 272 g/mol. The summed E-state index contributed by atoms with van der Waals surface area (Å²) < 4.78 is 0. The smallest absolute Gasteiger partial charge is 0.161 e. The summed E-state index contributed by atoms with van der Waals surface area (Å²) in [6.07, 6.45) is 5.52. The van der Waals surface area contributed by atoms with Crippen LogP contribution in [-0.4, -0.2) is 24.1 Å². The topological polar surface area (TPSA) is 41.1 Å². The molecule has 2 aromatic heterocycles. The second-order valence-electron chi connectivity index (χ2n) is 4.56. The van der Waals surface area contributed by atoms with E-state index in [2.05, 4.69) is 17.3 Å². The van der Waals surface area contributed by atoms with Crippen molar-refractivity contribution < 1.29 is 0 Å². The minimum absolute atomic E-state index is 0.633. The largest absolute Gasteiger partial charge is 0.294 e. The first-order valence-corrected chi connectivity index (χ1v) is 7.06. The van der Waals surface area contributed by atoms with E-state index >= 15 is 0 Å². The van der Waals surface area contributed by atoms with Gasteiger partial charge < -0.3 is 0 Å². The highest BCUT2D eigenvalue weighted by Crippen LogP contribution is 2.31. The second kappa shape index (κ2) is 6.68. The molecular formula is C15H19ClN4. The zero-order chi connectivity index (χ0) is 14.5. The van der Waals surface area contributed by atoms with Gasteiger partial charge in [0.1, 0.15) is 0 Å².